The number of nitrogens with zero attached hydrogens (tertiary/aromatic N) is 1. The van der Waals surface area contributed by atoms with Crippen LogP contribution in [0.3, 0.4) is 0 Å². The van der Waals surface area contributed by atoms with Gasteiger partial charge in [0.25, 0.3) is 0 Å². The molecule has 2 aliphatic heterocycles. The maximum absolute atomic E-state index is 6.16. The number of hydrogen-bond donors (Lipinski definition) is 1. The summed E-state index contributed by atoms with van der Waals surface area (Å²) in [5, 5.41) is 0. The molecule has 0 aromatic carbocycles. The van der Waals surface area contributed by atoms with Gasteiger partial charge in [0.2, 0.25) is 0 Å². The van der Waals surface area contributed by atoms with E-state index < -0.39 is 0 Å². The SMILES string of the molecule is NCC1CCCCN1C1CCOC2(CCCC2)C1. The summed E-state index contributed by atoms with van der Waals surface area (Å²) in [6.45, 7) is 3.07. The van der Waals surface area contributed by atoms with Crippen LogP contribution in [0.5, 0.6) is 0 Å². The summed E-state index contributed by atoms with van der Waals surface area (Å²) in [5.41, 5.74) is 6.22. The van der Waals surface area contributed by atoms with Crippen molar-refractivity contribution in [3.63, 3.8) is 0 Å². The van der Waals surface area contributed by atoms with Gasteiger partial charge in [0.1, 0.15) is 0 Å². The molecule has 2 saturated heterocycles. The number of ether oxygens (including phenoxy) is 1. The van der Waals surface area contributed by atoms with Crippen molar-refractivity contribution in [2.24, 2.45) is 5.73 Å². The van der Waals surface area contributed by atoms with Crippen molar-refractivity contribution < 1.29 is 4.74 Å². The number of piperidine rings is 1. The maximum Gasteiger partial charge on any atom is 0.0697 e. The third-order valence-electron chi connectivity index (χ3n) is 5.40. The molecule has 3 heteroatoms. The van der Waals surface area contributed by atoms with Gasteiger partial charge in [-0.15, -0.1) is 0 Å². The molecule has 3 nitrogen and oxygen atoms in total. The highest BCUT2D eigenvalue weighted by molar-refractivity contribution is 4.96. The molecule has 1 aliphatic carbocycles. The second kappa shape index (κ2) is 5.48. The average molecular weight is 252 g/mol. The van der Waals surface area contributed by atoms with Crippen molar-refractivity contribution in [1.82, 2.24) is 4.90 Å². The van der Waals surface area contributed by atoms with Crippen LogP contribution in [-0.4, -0.2) is 42.3 Å². The van der Waals surface area contributed by atoms with Crippen molar-refractivity contribution in [3.05, 3.63) is 0 Å². The summed E-state index contributed by atoms with van der Waals surface area (Å²) >= 11 is 0. The first kappa shape index (κ1) is 12.9. The first-order valence-corrected chi connectivity index (χ1v) is 7.93. The average Bonchev–Trinajstić information content (AvgIpc) is 2.86. The smallest absolute Gasteiger partial charge is 0.0697 e. The standard InChI is InChI=1S/C15H28N2O/c16-12-14-5-1-4-9-17(14)13-6-10-18-15(11-13)7-2-3-8-15/h13-14H,1-12,16H2. The fraction of sp³-hybridized carbons (Fsp3) is 1.00. The third-order valence-corrected chi connectivity index (χ3v) is 5.40. The zero-order valence-electron chi connectivity index (χ0n) is 11.6. The van der Waals surface area contributed by atoms with Crippen LogP contribution in [0.1, 0.15) is 57.8 Å². The van der Waals surface area contributed by atoms with E-state index in [9.17, 15) is 0 Å². The highest BCUT2D eigenvalue weighted by Gasteiger charge is 2.42. The minimum absolute atomic E-state index is 0.250. The molecule has 0 aromatic rings. The van der Waals surface area contributed by atoms with Gasteiger partial charge in [-0.2, -0.15) is 0 Å². The Morgan fingerprint density at radius 2 is 1.94 bits per heavy atom. The summed E-state index contributed by atoms with van der Waals surface area (Å²) < 4.78 is 6.16. The summed E-state index contributed by atoms with van der Waals surface area (Å²) in [7, 11) is 0. The van der Waals surface area contributed by atoms with Gasteiger partial charge >= 0.3 is 0 Å². The fourth-order valence-corrected chi connectivity index (χ4v) is 4.41. The number of rotatable bonds is 2. The van der Waals surface area contributed by atoms with Gasteiger partial charge in [-0.05, 0) is 45.1 Å². The van der Waals surface area contributed by atoms with Gasteiger partial charge in [-0.3, -0.25) is 4.90 Å². The fourth-order valence-electron chi connectivity index (χ4n) is 4.41. The molecule has 0 aromatic heterocycles. The summed E-state index contributed by atoms with van der Waals surface area (Å²) in [4.78, 5) is 2.73. The largest absolute Gasteiger partial charge is 0.375 e. The van der Waals surface area contributed by atoms with Gasteiger partial charge in [-0.25, -0.2) is 0 Å². The summed E-state index contributed by atoms with van der Waals surface area (Å²) in [6.07, 6.45) is 11.9. The first-order chi connectivity index (χ1) is 8.83. The minimum atomic E-state index is 0.250. The Labute approximate surface area is 111 Å². The van der Waals surface area contributed by atoms with E-state index in [-0.39, 0.29) is 5.60 Å². The zero-order valence-corrected chi connectivity index (χ0v) is 11.6. The van der Waals surface area contributed by atoms with Gasteiger partial charge in [0.05, 0.1) is 5.60 Å². The van der Waals surface area contributed by atoms with Gasteiger partial charge < -0.3 is 10.5 Å². The van der Waals surface area contributed by atoms with Crippen molar-refractivity contribution in [1.29, 1.82) is 0 Å². The van der Waals surface area contributed by atoms with E-state index in [0.717, 1.165) is 19.2 Å². The Kier molecular flexibility index (Phi) is 3.92. The molecule has 104 valence electrons. The Hall–Kier alpha value is -0.120. The molecule has 18 heavy (non-hydrogen) atoms. The predicted molar refractivity (Wildman–Crippen MR) is 73.6 cm³/mol. The minimum Gasteiger partial charge on any atom is -0.375 e. The third kappa shape index (κ3) is 2.45. The first-order valence-electron chi connectivity index (χ1n) is 7.93. The molecule has 2 N–H and O–H groups in total. The lowest BCUT2D eigenvalue weighted by atomic mass is 9.86. The van der Waals surface area contributed by atoms with Crippen molar-refractivity contribution in [3.8, 4) is 0 Å². The van der Waals surface area contributed by atoms with E-state index in [0.29, 0.717) is 6.04 Å². The van der Waals surface area contributed by atoms with Gasteiger partial charge in [-0.1, -0.05) is 19.3 Å². The maximum atomic E-state index is 6.16. The van der Waals surface area contributed by atoms with Crippen molar-refractivity contribution in [2.45, 2.75) is 75.5 Å². The van der Waals surface area contributed by atoms with E-state index >= 15 is 0 Å². The monoisotopic (exact) mass is 252 g/mol. The van der Waals surface area contributed by atoms with Crippen LogP contribution in [0.2, 0.25) is 0 Å². The molecule has 0 amide bonds. The zero-order chi connectivity index (χ0) is 12.4. The topological polar surface area (TPSA) is 38.5 Å². The van der Waals surface area contributed by atoms with Gasteiger partial charge in [0, 0.05) is 25.2 Å². The quantitative estimate of drug-likeness (QED) is 0.819. The van der Waals surface area contributed by atoms with E-state index in [1.165, 1.54) is 64.3 Å². The van der Waals surface area contributed by atoms with Crippen LogP contribution in [0, 0.1) is 0 Å². The van der Waals surface area contributed by atoms with Crippen LogP contribution in [0.15, 0.2) is 0 Å². The second-order valence-corrected chi connectivity index (χ2v) is 6.51. The van der Waals surface area contributed by atoms with Crippen molar-refractivity contribution >= 4 is 0 Å². The Morgan fingerprint density at radius 3 is 2.72 bits per heavy atom. The van der Waals surface area contributed by atoms with E-state index in [4.69, 9.17) is 10.5 Å². The van der Waals surface area contributed by atoms with Crippen LogP contribution in [0.25, 0.3) is 0 Å². The number of likely N-dealkylation sites (tertiary alicyclic amines) is 1. The van der Waals surface area contributed by atoms with Crippen molar-refractivity contribution in [2.75, 3.05) is 19.7 Å². The number of hydrogen-bond acceptors (Lipinski definition) is 3. The molecule has 0 radical (unpaired) electrons. The lowest BCUT2D eigenvalue weighted by molar-refractivity contribution is -0.109. The normalized spacial score (nSPS) is 37.2. The molecule has 2 atom stereocenters. The molecule has 3 rings (SSSR count). The van der Waals surface area contributed by atoms with E-state index in [1.54, 1.807) is 0 Å². The molecule has 1 spiro atoms. The molecular weight excluding hydrogens is 224 g/mol. The molecule has 3 fully saturated rings. The molecule has 1 saturated carbocycles. The Morgan fingerprint density at radius 1 is 1.11 bits per heavy atom. The summed E-state index contributed by atoms with van der Waals surface area (Å²) in [5.74, 6) is 0. The summed E-state index contributed by atoms with van der Waals surface area (Å²) in [6, 6.07) is 1.38. The highest BCUT2D eigenvalue weighted by atomic mass is 16.5. The molecule has 2 heterocycles. The van der Waals surface area contributed by atoms with E-state index in [1.807, 2.05) is 0 Å². The molecule has 2 unspecified atom stereocenters. The molecule has 0 bridgehead atoms. The lowest BCUT2D eigenvalue weighted by Gasteiger charge is -2.47. The Balaban J connectivity index is 1.67. The van der Waals surface area contributed by atoms with Crippen LogP contribution < -0.4 is 5.73 Å². The molecular formula is C15H28N2O. The molecule has 3 aliphatic rings. The second-order valence-electron chi connectivity index (χ2n) is 6.51. The lowest BCUT2D eigenvalue weighted by Crippen LogP contribution is -2.54. The van der Waals surface area contributed by atoms with Crippen LogP contribution in [-0.2, 0) is 4.74 Å². The number of nitrogens with two attached hydrogens (primary N) is 1. The predicted octanol–water partition coefficient (Wildman–Crippen LogP) is 2.29. The van der Waals surface area contributed by atoms with E-state index in [2.05, 4.69) is 4.90 Å². The highest BCUT2D eigenvalue weighted by Crippen LogP contribution is 2.42. The van der Waals surface area contributed by atoms with Crippen LogP contribution in [0.4, 0.5) is 0 Å². The van der Waals surface area contributed by atoms with Gasteiger partial charge in [0.15, 0.2) is 0 Å². The van der Waals surface area contributed by atoms with Crippen LogP contribution >= 0.6 is 0 Å². The Bertz CT molecular complexity index is 276.